The Labute approximate surface area is 105 Å². The van der Waals surface area contributed by atoms with Crippen molar-refractivity contribution in [3.8, 4) is 0 Å². The Morgan fingerprint density at radius 2 is 2.06 bits per heavy atom. The molecule has 1 aliphatic rings. The molecule has 1 N–H and O–H groups in total. The van der Waals surface area contributed by atoms with E-state index >= 15 is 0 Å². The molecule has 0 atom stereocenters. The van der Waals surface area contributed by atoms with Crippen molar-refractivity contribution in [1.29, 1.82) is 0 Å². The van der Waals surface area contributed by atoms with E-state index in [4.69, 9.17) is 0 Å². The second-order valence-corrected chi connectivity index (χ2v) is 5.29. The lowest BCUT2D eigenvalue weighted by Gasteiger charge is -2.11. The highest BCUT2D eigenvalue weighted by atomic mass is 79.9. The lowest BCUT2D eigenvalue weighted by atomic mass is 10.1. The van der Waals surface area contributed by atoms with Gasteiger partial charge in [-0.25, -0.2) is 0 Å². The summed E-state index contributed by atoms with van der Waals surface area (Å²) in [6, 6.07) is 5.92. The van der Waals surface area contributed by atoms with Crippen LogP contribution >= 0.6 is 15.9 Å². The molecule has 1 fully saturated rings. The maximum absolute atomic E-state index is 11.9. The standard InChI is InChI=1S/C13H16BrNO/c1-9-6-7-11(8-12(9)14)15-13(16)10-4-2-3-5-10/h6-8,10H,2-5H2,1H3,(H,15,16). The SMILES string of the molecule is Cc1ccc(NC(=O)C2CCCC2)cc1Br. The van der Waals surface area contributed by atoms with Gasteiger partial charge in [0.2, 0.25) is 5.91 Å². The summed E-state index contributed by atoms with van der Waals surface area (Å²) in [5.41, 5.74) is 2.06. The van der Waals surface area contributed by atoms with Crippen LogP contribution in [0.5, 0.6) is 0 Å². The third kappa shape index (κ3) is 2.64. The first-order chi connectivity index (χ1) is 7.66. The zero-order chi connectivity index (χ0) is 11.5. The highest BCUT2D eigenvalue weighted by Crippen LogP contribution is 2.27. The molecule has 1 aliphatic carbocycles. The molecule has 1 aromatic carbocycles. The molecule has 86 valence electrons. The van der Waals surface area contributed by atoms with Crippen LogP contribution in [0.1, 0.15) is 31.2 Å². The fraction of sp³-hybridized carbons (Fsp3) is 0.462. The van der Waals surface area contributed by atoms with Gasteiger partial charge in [-0.15, -0.1) is 0 Å². The van der Waals surface area contributed by atoms with Crippen molar-refractivity contribution in [1.82, 2.24) is 0 Å². The maximum Gasteiger partial charge on any atom is 0.227 e. The molecule has 3 heteroatoms. The van der Waals surface area contributed by atoms with Gasteiger partial charge in [0.15, 0.2) is 0 Å². The van der Waals surface area contributed by atoms with Gasteiger partial charge in [0.05, 0.1) is 0 Å². The Kier molecular flexibility index (Phi) is 3.64. The van der Waals surface area contributed by atoms with E-state index in [9.17, 15) is 4.79 Å². The summed E-state index contributed by atoms with van der Waals surface area (Å²) in [6.45, 7) is 2.03. The Morgan fingerprint density at radius 3 is 2.69 bits per heavy atom. The molecule has 0 unspecified atom stereocenters. The lowest BCUT2D eigenvalue weighted by Crippen LogP contribution is -2.20. The highest BCUT2D eigenvalue weighted by Gasteiger charge is 2.22. The molecule has 1 saturated carbocycles. The first kappa shape index (κ1) is 11.6. The predicted octanol–water partition coefficient (Wildman–Crippen LogP) is 3.89. The summed E-state index contributed by atoms with van der Waals surface area (Å²) in [7, 11) is 0. The van der Waals surface area contributed by atoms with Crippen LogP contribution in [0, 0.1) is 12.8 Å². The second kappa shape index (κ2) is 5.00. The fourth-order valence-electron chi connectivity index (χ4n) is 2.10. The maximum atomic E-state index is 11.9. The molecule has 0 aromatic heterocycles. The van der Waals surface area contributed by atoms with Crippen molar-refractivity contribution in [2.75, 3.05) is 5.32 Å². The van der Waals surface area contributed by atoms with E-state index in [0.717, 1.165) is 23.0 Å². The van der Waals surface area contributed by atoms with E-state index in [1.807, 2.05) is 25.1 Å². The molecule has 0 aliphatic heterocycles. The summed E-state index contributed by atoms with van der Waals surface area (Å²) in [6.07, 6.45) is 4.46. The first-order valence-electron chi connectivity index (χ1n) is 5.74. The van der Waals surface area contributed by atoms with Crippen LogP contribution in [0.2, 0.25) is 0 Å². The van der Waals surface area contributed by atoms with E-state index in [2.05, 4.69) is 21.2 Å². The van der Waals surface area contributed by atoms with Crippen LogP contribution in [0.15, 0.2) is 22.7 Å². The van der Waals surface area contributed by atoms with Crippen molar-refractivity contribution in [3.05, 3.63) is 28.2 Å². The molecule has 0 radical (unpaired) electrons. The third-order valence-corrected chi connectivity index (χ3v) is 4.02. The zero-order valence-electron chi connectivity index (χ0n) is 9.42. The first-order valence-corrected chi connectivity index (χ1v) is 6.53. The number of amides is 1. The molecule has 2 nitrogen and oxygen atoms in total. The number of halogens is 1. The van der Waals surface area contributed by atoms with Gasteiger partial charge < -0.3 is 5.32 Å². The average molecular weight is 282 g/mol. The molecule has 0 saturated heterocycles. The Hall–Kier alpha value is -0.830. The molecule has 2 rings (SSSR count). The van der Waals surface area contributed by atoms with Crippen LogP contribution in [0.4, 0.5) is 5.69 Å². The molecule has 0 bridgehead atoms. The van der Waals surface area contributed by atoms with Crippen molar-refractivity contribution in [2.45, 2.75) is 32.6 Å². The van der Waals surface area contributed by atoms with Gasteiger partial charge in [-0.2, -0.15) is 0 Å². The summed E-state index contributed by atoms with van der Waals surface area (Å²) < 4.78 is 1.04. The Bertz CT molecular complexity index is 397. The number of rotatable bonds is 2. The van der Waals surface area contributed by atoms with Gasteiger partial charge in [-0.05, 0) is 37.5 Å². The van der Waals surface area contributed by atoms with Crippen molar-refractivity contribution in [2.24, 2.45) is 5.92 Å². The van der Waals surface area contributed by atoms with E-state index in [-0.39, 0.29) is 11.8 Å². The molecule has 1 aromatic rings. The lowest BCUT2D eigenvalue weighted by molar-refractivity contribution is -0.119. The third-order valence-electron chi connectivity index (χ3n) is 3.17. The van der Waals surface area contributed by atoms with Gasteiger partial charge in [0, 0.05) is 16.1 Å². The van der Waals surface area contributed by atoms with Crippen LogP contribution < -0.4 is 5.32 Å². The van der Waals surface area contributed by atoms with Crippen LogP contribution in [-0.4, -0.2) is 5.91 Å². The normalized spacial score (nSPS) is 16.4. The van der Waals surface area contributed by atoms with E-state index in [0.29, 0.717) is 0 Å². The van der Waals surface area contributed by atoms with Crippen LogP contribution in [0.3, 0.4) is 0 Å². The van der Waals surface area contributed by atoms with Crippen LogP contribution in [0.25, 0.3) is 0 Å². The number of carbonyl (C=O) groups is 1. The van der Waals surface area contributed by atoms with Crippen molar-refractivity contribution in [3.63, 3.8) is 0 Å². The topological polar surface area (TPSA) is 29.1 Å². The molecule has 16 heavy (non-hydrogen) atoms. The minimum atomic E-state index is 0.174. The Morgan fingerprint density at radius 1 is 1.38 bits per heavy atom. The van der Waals surface area contributed by atoms with Gasteiger partial charge in [-0.1, -0.05) is 34.8 Å². The van der Waals surface area contributed by atoms with Gasteiger partial charge >= 0.3 is 0 Å². The summed E-state index contributed by atoms with van der Waals surface area (Å²) >= 11 is 3.47. The minimum absolute atomic E-state index is 0.174. The van der Waals surface area contributed by atoms with E-state index in [1.54, 1.807) is 0 Å². The summed E-state index contributed by atoms with van der Waals surface area (Å²) in [5, 5.41) is 2.98. The molecule has 1 amide bonds. The number of carbonyl (C=O) groups excluding carboxylic acids is 1. The monoisotopic (exact) mass is 281 g/mol. The molecular weight excluding hydrogens is 266 g/mol. The average Bonchev–Trinajstić information content (AvgIpc) is 2.77. The zero-order valence-corrected chi connectivity index (χ0v) is 11.0. The minimum Gasteiger partial charge on any atom is -0.326 e. The van der Waals surface area contributed by atoms with E-state index < -0.39 is 0 Å². The van der Waals surface area contributed by atoms with Crippen molar-refractivity contribution < 1.29 is 4.79 Å². The quantitative estimate of drug-likeness (QED) is 0.876. The largest absolute Gasteiger partial charge is 0.326 e. The molecule has 0 spiro atoms. The number of aryl methyl sites for hydroxylation is 1. The van der Waals surface area contributed by atoms with Crippen molar-refractivity contribution >= 4 is 27.5 Å². The molecule has 0 heterocycles. The van der Waals surface area contributed by atoms with Gasteiger partial charge in [-0.3, -0.25) is 4.79 Å². The number of hydrogen-bond donors (Lipinski definition) is 1. The summed E-state index contributed by atoms with van der Waals surface area (Å²) in [4.78, 5) is 11.9. The summed E-state index contributed by atoms with van der Waals surface area (Å²) in [5.74, 6) is 0.397. The van der Waals surface area contributed by atoms with Gasteiger partial charge in [0.1, 0.15) is 0 Å². The number of anilines is 1. The predicted molar refractivity (Wildman–Crippen MR) is 69.5 cm³/mol. The van der Waals surface area contributed by atoms with Gasteiger partial charge in [0.25, 0.3) is 0 Å². The Balaban J connectivity index is 2.02. The second-order valence-electron chi connectivity index (χ2n) is 4.43. The number of benzene rings is 1. The van der Waals surface area contributed by atoms with E-state index in [1.165, 1.54) is 18.4 Å². The van der Waals surface area contributed by atoms with Crippen LogP contribution in [-0.2, 0) is 4.79 Å². The smallest absolute Gasteiger partial charge is 0.227 e. The highest BCUT2D eigenvalue weighted by molar-refractivity contribution is 9.10. The number of nitrogens with one attached hydrogen (secondary N) is 1. The fourth-order valence-corrected chi connectivity index (χ4v) is 2.48. The molecular formula is C13H16BrNO. The number of hydrogen-bond acceptors (Lipinski definition) is 1.